The van der Waals surface area contributed by atoms with E-state index in [1.165, 1.54) is 13.3 Å². The van der Waals surface area contributed by atoms with Gasteiger partial charge in [-0.15, -0.1) is 0 Å². The number of carbonyl (C=O) groups is 3. The molecule has 1 aliphatic rings. The Labute approximate surface area is 288 Å². The Morgan fingerprint density at radius 2 is 1.76 bits per heavy atom. The van der Waals surface area contributed by atoms with Crippen LogP contribution < -0.4 is 35.0 Å². The van der Waals surface area contributed by atoms with E-state index >= 15 is 0 Å². The van der Waals surface area contributed by atoms with E-state index in [1.807, 2.05) is 24.3 Å². The fourth-order valence-electron chi connectivity index (χ4n) is 4.45. The van der Waals surface area contributed by atoms with Crippen LogP contribution in [0.4, 0.5) is 4.79 Å². The molecule has 0 aliphatic carbocycles. The number of carbonyl (C=O) groups excluding carboxylic acids is 3. The molecule has 0 bridgehead atoms. The average Bonchev–Trinajstić information content (AvgIpc) is 3.03. The van der Waals surface area contributed by atoms with E-state index in [0.717, 1.165) is 9.13 Å². The summed E-state index contributed by atoms with van der Waals surface area (Å²) in [6.07, 6.45) is 1.47. The van der Waals surface area contributed by atoms with Gasteiger partial charge in [-0.05, 0) is 105 Å². The van der Waals surface area contributed by atoms with E-state index in [2.05, 4.69) is 59.7 Å². The first-order valence-corrected chi connectivity index (χ1v) is 15.8. The molecule has 0 saturated carbocycles. The first-order valence-electron chi connectivity index (χ1n) is 14.0. The Morgan fingerprint density at radius 1 is 1.02 bits per heavy atom. The third-order valence-corrected chi connectivity index (χ3v) is 7.90. The van der Waals surface area contributed by atoms with Gasteiger partial charge in [0, 0.05) is 9.27 Å². The molecule has 0 fully saturated rings. The number of hydrazone groups is 1. The van der Waals surface area contributed by atoms with Crippen LogP contribution in [-0.4, -0.2) is 51.6 Å². The molecule has 0 aromatic heterocycles. The molecule has 1 aliphatic heterocycles. The average molecular weight is 807 g/mol. The maximum absolute atomic E-state index is 12.6. The van der Waals surface area contributed by atoms with Crippen LogP contribution in [0.1, 0.15) is 36.6 Å². The maximum atomic E-state index is 12.6. The zero-order chi connectivity index (χ0) is 33.2. The quantitative estimate of drug-likeness (QED) is 0.0906. The molecule has 3 aromatic carbocycles. The van der Waals surface area contributed by atoms with Crippen molar-refractivity contribution in [3.63, 3.8) is 0 Å². The first-order chi connectivity index (χ1) is 22.1. The minimum atomic E-state index is -0.777. The highest BCUT2D eigenvalue weighted by Gasteiger charge is 2.32. The van der Waals surface area contributed by atoms with E-state index in [4.69, 9.17) is 23.7 Å². The van der Waals surface area contributed by atoms with Crippen LogP contribution in [0.15, 0.2) is 75.4 Å². The van der Waals surface area contributed by atoms with Crippen molar-refractivity contribution in [2.75, 3.05) is 27.4 Å². The number of hydrogen-bond donors (Lipinski definition) is 3. The highest BCUT2D eigenvalue weighted by atomic mass is 127. The number of urea groups is 1. The van der Waals surface area contributed by atoms with Crippen LogP contribution in [0.2, 0.25) is 0 Å². The van der Waals surface area contributed by atoms with Crippen molar-refractivity contribution in [2.24, 2.45) is 5.10 Å². The number of hydrogen-bond acceptors (Lipinski definition) is 9. The minimum absolute atomic E-state index is 0.181. The molecule has 3 N–H and O–H groups in total. The van der Waals surface area contributed by atoms with Gasteiger partial charge in [-0.3, -0.25) is 4.79 Å². The summed E-state index contributed by atoms with van der Waals surface area (Å²) in [5.74, 6) is 0.543. The van der Waals surface area contributed by atoms with Crippen molar-refractivity contribution in [2.45, 2.75) is 26.5 Å². The lowest BCUT2D eigenvalue weighted by atomic mass is 9.95. The van der Waals surface area contributed by atoms with Crippen LogP contribution in [0.3, 0.4) is 0 Å². The number of nitrogens with zero attached hydrogens (tertiary/aromatic N) is 1. The first kappa shape index (κ1) is 34.6. The number of methoxy groups -OCH3 is 2. The second-order valence-electron chi connectivity index (χ2n) is 9.73. The fourth-order valence-corrected chi connectivity index (χ4v) is 5.38. The van der Waals surface area contributed by atoms with Crippen molar-refractivity contribution in [3.8, 4) is 23.0 Å². The highest BCUT2D eigenvalue weighted by Crippen LogP contribution is 2.37. The number of benzene rings is 3. The highest BCUT2D eigenvalue weighted by molar-refractivity contribution is 14.1. The normalized spacial score (nSPS) is 14.3. The molecule has 4 rings (SSSR count). The SMILES string of the molecule is CCOC(=O)C1=C(C)NC(=O)N[C@@H]1c1ccc(OCC(=O)N/N=C\c2cc(Br)c(OCc3ccc(I)cc3)c(OC)c2)c(OC)c1. The van der Waals surface area contributed by atoms with Gasteiger partial charge in [0.15, 0.2) is 29.6 Å². The monoisotopic (exact) mass is 806 g/mol. The molecule has 0 radical (unpaired) electrons. The van der Waals surface area contributed by atoms with Gasteiger partial charge in [-0.2, -0.15) is 5.10 Å². The molecule has 12 nitrogen and oxygen atoms in total. The topological polar surface area (TPSA) is 146 Å². The van der Waals surface area contributed by atoms with Crippen molar-refractivity contribution in [1.82, 2.24) is 16.1 Å². The van der Waals surface area contributed by atoms with E-state index in [1.54, 1.807) is 51.3 Å². The Kier molecular flexibility index (Phi) is 12.3. The smallest absolute Gasteiger partial charge is 0.338 e. The molecule has 242 valence electrons. The summed E-state index contributed by atoms with van der Waals surface area (Å²) in [6.45, 7) is 3.51. The number of halogens is 2. The van der Waals surface area contributed by atoms with E-state index in [9.17, 15) is 14.4 Å². The molecule has 3 aromatic rings. The summed E-state index contributed by atoms with van der Waals surface area (Å²) in [6, 6.07) is 15.2. The molecule has 3 amide bonds. The summed E-state index contributed by atoms with van der Waals surface area (Å²) in [4.78, 5) is 37.3. The third-order valence-electron chi connectivity index (χ3n) is 6.60. The number of ether oxygens (including phenoxy) is 5. The van der Waals surface area contributed by atoms with Gasteiger partial charge >= 0.3 is 12.0 Å². The lowest BCUT2D eigenvalue weighted by Crippen LogP contribution is -2.45. The summed E-state index contributed by atoms with van der Waals surface area (Å²) >= 11 is 5.78. The summed E-state index contributed by atoms with van der Waals surface area (Å²) < 4.78 is 29.6. The van der Waals surface area contributed by atoms with E-state index in [0.29, 0.717) is 45.2 Å². The van der Waals surface area contributed by atoms with Crippen LogP contribution >= 0.6 is 38.5 Å². The third kappa shape index (κ3) is 8.90. The number of nitrogens with one attached hydrogen (secondary N) is 3. The Morgan fingerprint density at radius 3 is 2.46 bits per heavy atom. The molecule has 14 heteroatoms. The van der Waals surface area contributed by atoms with Crippen LogP contribution in [0.5, 0.6) is 23.0 Å². The van der Waals surface area contributed by atoms with Gasteiger partial charge < -0.3 is 34.3 Å². The zero-order valence-corrected chi connectivity index (χ0v) is 29.2. The largest absolute Gasteiger partial charge is 0.493 e. The molecular formula is C32H32BrIN4O8. The van der Waals surface area contributed by atoms with Crippen LogP contribution in [0.25, 0.3) is 0 Å². The van der Waals surface area contributed by atoms with Gasteiger partial charge in [-0.25, -0.2) is 15.0 Å². The zero-order valence-electron chi connectivity index (χ0n) is 25.4. The number of rotatable bonds is 13. The molecular weight excluding hydrogens is 775 g/mol. The van der Waals surface area contributed by atoms with Crippen molar-refractivity contribution in [3.05, 3.63) is 90.6 Å². The predicted octanol–water partition coefficient (Wildman–Crippen LogP) is 5.37. The minimum Gasteiger partial charge on any atom is -0.493 e. The predicted molar refractivity (Wildman–Crippen MR) is 182 cm³/mol. The van der Waals surface area contributed by atoms with Gasteiger partial charge in [0.25, 0.3) is 5.91 Å². The van der Waals surface area contributed by atoms with Crippen molar-refractivity contribution >= 4 is 62.6 Å². The summed E-state index contributed by atoms with van der Waals surface area (Å²) in [5, 5.41) is 9.35. The number of allylic oxidation sites excluding steroid dienone is 1. The van der Waals surface area contributed by atoms with Gasteiger partial charge in [-0.1, -0.05) is 18.2 Å². The van der Waals surface area contributed by atoms with Crippen molar-refractivity contribution in [1.29, 1.82) is 0 Å². The van der Waals surface area contributed by atoms with Crippen molar-refractivity contribution < 1.29 is 38.1 Å². The van der Waals surface area contributed by atoms with Gasteiger partial charge in [0.05, 0.1) is 43.1 Å². The molecule has 1 atom stereocenters. The van der Waals surface area contributed by atoms with Crippen LogP contribution in [-0.2, 0) is 20.9 Å². The maximum Gasteiger partial charge on any atom is 0.338 e. The second-order valence-corrected chi connectivity index (χ2v) is 11.8. The van der Waals surface area contributed by atoms with Crippen LogP contribution in [0, 0.1) is 3.57 Å². The lowest BCUT2D eigenvalue weighted by Gasteiger charge is -2.28. The summed E-state index contributed by atoms with van der Waals surface area (Å²) in [5.41, 5.74) is 5.31. The standard InChI is InChI=1S/C32H32BrIN4O8/c1-5-44-31(40)28-18(2)36-32(41)37-29(28)21-8-11-24(25(14-21)42-3)45-17-27(39)38-35-15-20-12-23(33)30(26(13-20)43-4)46-16-19-6-9-22(34)10-7-19/h6-15,29H,5,16-17H2,1-4H3,(H,38,39)(H2,36,37,41)/b35-15-/t29-/m1/s1. The van der Waals surface area contributed by atoms with Gasteiger partial charge in [0.2, 0.25) is 0 Å². The lowest BCUT2D eigenvalue weighted by molar-refractivity contribution is -0.139. The Balaban J connectivity index is 1.37. The molecule has 0 spiro atoms. The van der Waals surface area contributed by atoms with Gasteiger partial charge in [0.1, 0.15) is 6.61 Å². The molecule has 0 unspecified atom stereocenters. The Hall–Kier alpha value is -4.31. The molecule has 46 heavy (non-hydrogen) atoms. The molecule has 1 heterocycles. The van der Waals surface area contributed by atoms with E-state index < -0.39 is 23.9 Å². The Bertz CT molecular complexity index is 1660. The fraction of sp³-hybridized carbons (Fsp3) is 0.250. The van der Waals surface area contributed by atoms with E-state index in [-0.39, 0.29) is 24.5 Å². The number of esters is 1. The second kappa shape index (κ2) is 16.3. The number of amides is 3. The molecule has 0 saturated heterocycles. The summed E-state index contributed by atoms with van der Waals surface area (Å²) in [7, 11) is 2.98.